The van der Waals surface area contributed by atoms with Gasteiger partial charge < -0.3 is 10.8 Å². The zero-order valence-electron chi connectivity index (χ0n) is 10.8. The molecule has 3 N–H and O–H groups in total. The zero-order chi connectivity index (χ0) is 13.0. The van der Waals surface area contributed by atoms with E-state index in [2.05, 4.69) is 32.9 Å². The standard InChI is InChI=1S/C14H21NO2/c1-9-7-8-12(11(3)10(9)2)13(15)5-4-6-14(16)17/h7-8,13H,4-6,15H2,1-3H3,(H,16,17). The number of carboxylic acid groups (broad SMARTS) is 1. The number of carbonyl (C=O) groups is 1. The minimum absolute atomic E-state index is 0.0614. The largest absolute Gasteiger partial charge is 0.481 e. The molecule has 0 amide bonds. The zero-order valence-corrected chi connectivity index (χ0v) is 10.8. The Morgan fingerprint density at radius 1 is 1.29 bits per heavy atom. The van der Waals surface area contributed by atoms with Gasteiger partial charge in [0, 0.05) is 12.5 Å². The SMILES string of the molecule is Cc1ccc(C(N)CCCC(=O)O)c(C)c1C. The van der Waals surface area contributed by atoms with Crippen molar-refractivity contribution in [2.45, 2.75) is 46.1 Å². The highest BCUT2D eigenvalue weighted by Crippen LogP contribution is 2.24. The van der Waals surface area contributed by atoms with Crippen LogP contribution in [0.25, 0.3) is 0 Å². The van der Waals surface area contributed by atoms with Gasteiger partial charge in [0.25, 0.3) is 0 Å². The van der Waals surface area contributed by atoms with E-state index in [-0.39, 0.29) is 12.5 Å². The van der Waals surface area contributed by atoms with E-state index < -0.39 is 5.97 Å². The molecule has 0 aliphatic rings. The second-order valence-corrected chi connectivity index (χ2v) is 4.61. The molecule has 0 fully saturated rings. The third-order valence-corrected chi connectivity index (χ3v) is 3.41. The van der Waals surface area contributed by atoms with Crippen molar-refractivity contribution in [1.29, 1.82) is 0 Å². The molecule has 1 rings (SSSR count). The average molecular weight is 235 g/mol. The second kappa shape index (κ2) is 5.82. The Hall–Kier alpha value is -1.35. The second-order valence-electron chi connectivity index (χ2n) is 4.61. The van der Waals surface area contributed by atoms with Crippen LogP contribution in [0.15, 0.2) is 12.1 Å². The number of nitrogens with two attached hydrogens (primary N) is 1. The lowest BCUT2D eigenvalue weighted by Gasteiger charge is -2.17. The quantitative estimate of drug-likeness (QED) is 0.824. The van der Waals surface area contributed by atoms with E-state index in [1.54, 1.807) is 0 Å². The van der Waals surface area contributed by atoms with Crippen LogP contribution in [0.2, 0.25) is 0 Å². The van der Waals surface area contributed by atoms with Gasteiger partial charge in [-0.1, -0.05) is 12.1 Å². The first-order chi connectivity index (χ1) is 7.93. The van der Waals surface area contributed by atoms with Gasteiger partial charge in [-0.15, -0.1) is 0 Å². The van der Waals surface area contributed by atoms with Crippen LogP contribution in [-0.4, -0.2) is 11.1 Å². The van der Waals surface area contributed by atoms with E-state index in [1.165, 1.54) is 16.7 Å². The Balaban J connectivity index is 2.72. The highest BCUT2D eigenvalue weighted by atomic mass is 16.4. The molecule has 1 unspecified atom stereocenters. The summed E-state index contributed by atoms with van der Waals surface area (Å²) in [5.74, 6) is -0.756. The van der Waals surface area contributed by atoms with E-state index in [1.807, 2.05) is 0 Å². The van der Waals surface area contributed by atoms with E-state index in [4.69, 9.17) is 10.8 Å². The predicted octanol–water partition coefficient (Wildman–Crippen LogP) is 2.87. The molecule has 1 atom stereocenters. The fraction of sp³-hybridized carbons (Fsp3) is 0.500. The number of aliphatic carboxylic acids is 1. The molecule has 0 saturated heterocycles. The highest BCUT2D eigenvalue weighted by molar-refractivity contribution is 5.66. The summed E-state index contributed by atoms with van der Waals surface area (Å²) in [6, 6.07) is 4.08. The van der Waals surface area contributed by atoms with Crippen LogP contribution in [-0.2, 0) is 4.79 Å². The summed E-state index contributed by atoms with van der Waals surface area (Å²) in [6.07, 6.45) is 1.54. The minimum Gasteiger partial charge on any atom is -0.481 e. The molecule has 1 aromatic rings. The Bertz CT molecular complexity index is 413. The number of hydrogen-bond acceptors (Lipinski definition) is 2. The molecule has 94 valence electrons. The molecular formula is C14H21NO2. The van der Waals surface area contributed by atoms with E-state index >= 15 is 0 Å². The Labute approximate surface area is 103 Å². The molecule has 0 saturated carbocycles. The molecule has 0 aliphatic carbocycles. The molecule has 0 aliphatic heterocycles. The van der Waals surface area contributed by atoms with Gasteiger partial charge >= 0.3 is 5.97 Å². The third-order valence-electron chi connectivity index (χ3n) is 3.41. The lowest BCUT2D eigenvalue weighted by atomic mass is 9.92. The summed E-state index contributed by atoms with van der Waals surface area (Å²) >= 11 is 0. The molecule has 0 radical (unpaired) electrons. The fourth-order valence-corrected chi connectivity index (χ4v) is 2.01. The Kier molecular flexibility index (Phi) is 4.70. The van der Waals surface area contributed by atoms with Crippen molar-refractivity contribution in [1.82, 2.24) is 0 Å². The van der Waals surface area contributed by atoms with Gasteiger partial charge in [0.15, 0.2) is 0 Å². The van der Waals surface area contributed by atoms with Crippen molar-refractivity contribution >= 4 is 5.97 Å². The summed E-state index contributed by atoms with van der Waals surface area (Å²) in [4.78, 5) is 10.4. The first kappa shape index (κ1) is 13.7. The van der Waals surface area contributed by atoms with Crippen molar-refractivity contribution in [3.8, 4) is 0 Å². The number of hydrogen-bond donors (Lipinski definition) is 2. The summed E-state index contributed by atoms with van der Waals surface area (Å²) in [5.41, 5.74) is 11.0. The molecule has 0 aromatic heterocycles. The van der Waals surface area contributed by atoms with Gasteiger partial charge in [-0.25, -0.2) is 0 Å². The Morgan fingerprint density at radius 3 is 2.53 bits per heavy atom. The number of carboxylic acids is 1. The third kappa shape index (κ3) is 3.56. The Morgan fingerprint density at radius 2 is 1.94 bits per heavy atom. The summed E-state index contributed by atoms with van der Waals surface area (Å²) in [6.45, 7) is 6.26. The normalized spacial score (nSPS) is 12.5. The topological polar surface area (TPSA) is 63.3 Å². The van der Waals surface area contributed by atoms with Crippen molar-refractivity contribution in [3.63, 3.8) is 0 Å². The van der Waals surface area contributed by atoms with Gasteiger partial charge in [0.05, 0.1) is 0 Å². The van der Waals surface area contributed by atoms with Crippen LogP contribution < -0.4 is 5.73 Å². The first-order valence-corrected chi connectivity index (χ1v) is 5.97. The van der Waals surface area contributed by atoms with Crippen molar-refractivity contribution < 1.29 is 9.90 Å². The van der Waals surface area contributed by atoms with Crippen LogP contribution in [0.4, 0.5) is 0 Å². The lowest BCUT2D eigenvalue weighted by Crippen LogP contribution is -2.13. The van der Waals surface area contributed by atoms with Gasteiger partial charge in [0.2, 0.25) is 0 Å². The molecule has 0 spiro atoms. The van der Waals surface area contributed by atoms with Crippen LogP contribution >= 0.6 is 0 Å². The summed E-state index contributed by atoms with van der Waals surface area (Å²) in [5, 5.41) is 8.59. The predicted molar refractivity (Wildman–Crippen MR) is 69.1 cm³/mol. The van der Waals surface area contributed by atoms with E-state index in [0.29, 0.717) is 6.42 Å². The number of rotatable bonds is 5. The molecule has 3 nitrogen and oxygen atoms in total. The summed E-state index contributed by atoms with van der Waals surface area (Å²) < 4.78 is 0. The highest BCUT2D eigenvalue weighted by Gasteiger charge is 2.11. The fourth-order valence-electron chi connectivity index (χ4n) is 2.01. The molecule has 0 bridgehead atoms. The average Bonchev–Trinajstić information content (AvgIpc) is 2.25. The van der Waals surface area contributed by atoms with Gasteiger partial charge in [-0.3, -0.25) is 4.79 Å². The van der Waals surface area contributed by atoms with Crippen molar-refractivity contribution in [3.05, 3.63) is 34.4 Å². The minimum atomic E-state index is -0.756. The van der Waals surface area contributed by atoms with Crippen LogP contribution in [0.3, 0.4) is 0 Å². The first-order valence-electron chi connectivity index (χ1n) is 5.97. The van der Waals surface area contributed by atoms with Gasteiger partial charge in [-0.2, -0.15) is 0 Å². The maximum atomic E-state index is 10.4. The monoisotopic (exact) mass is 235 g/mol. The molecule has 1 aromatic carbocycles. The molecular weight excluding hydrogens is 214 g/mol. The van der Waals surface area contributed by atoms with Crippen molar-refractivity contribution in [2.24, 2.45) is 5.73 Å². The van der Waals surface area contributed by atoms with Crippen LogP contribution in [0.5, 0.6) is 0 Å². The molecule has 3 heteroatoms. The lowest BCUT2D eigenvalue weighted by molar-refractivity contribution is -0.137. The van der Waals surface area contributed by atoms with Gasteiger partial charge in [-0.05, 0) is 55.9 Å². The van der Waals surface area contributed by atoms with Crippen LogP contribution in [0, 0.1) is 20.8 Å². The number of benzene rings is 1. The van der Waals surface area contributed by atoms with E-state index in [0.717, 1.165) is 12.0 Å². The van der Waals surface area contributed by atoms with Crippen LogP contribution in [0.1, 0.15) is 47.6 Å². The van der Waals surface area contributed by atoms with Crippen molar-refractivity contribution in [2.75, 3.05) is 0 Å². The van der Waals surface area contributed by atoms with E-state index in [9.17, 15) is 4.79 Å². The smallest absolute Gasteiger partial charge is 0.303 e. The molecule has 0 heterocycles. The maximum Gasteiger partial charge on any atom is 0.303 e. The summed E-state index contributed by atoms with van der Waals surface area (Å²) in [7, 11) is 0. The maximum absolute atomic E-state index is 10.4. The molecule has 17 heavy (non-hydrogen) atoms. The number of aryl methyl sites for hydroxylation is 1. The van der Waals surface area contributed by atoms with Gasteiger partial charge in [0.1, 0.15) is 0 Å².